The molecule has 0 aromatic carbocycles. The number of aromatic nitrogens is 1. The number of ether oxygens (including phenoxy) is 4. The van der Waals surface area contributed by atoms with E-state index in [0.29, 0.717) is 5.56 Å². The van der Waals surface area contributed by atoms with Crippen molar-refractivity contribution in [3.8, 4) is 0 Å². The van der Waals surface area contributed by atoms with Gasteiger partial charge in [0.25, 0.3) is 0 Å². The summed E-state index contributed by atoms with van der Waals surface area (Å²) in [4.78, 5) is 28.0. The highest BCUT2D eigenvalue weighted by Crippen LogP contribution is 2.21. The van der Waals surface area contributed by atoms with Crippen molar-refractivity contribution in [2.75, 3.05) is 0 Å². The van der Waals surface area contributed by atoms with E-state index in [1.807, 2.05) is 6.92 Å². The normalized spacial score (nSPS) is 12.2. The minimum atomic E-state index is -0.964. The average Bonchev–Trinajstić information content (AvgIpc) is 2.44. The average molecular weight is 377 g/mol. The van der Waals surface area contributed by atoms with Crippen LogP contribution in [0.3, 0.4) is 0 Å². The molecule has 0 aliphatic heterocycles. The Morgan fingerprint density at radius 3 is 2.00 bits per heavy atom. The number of hydrogen-bond acceptors (Lipinski definition) is 7. The number of rotatable bonds is 4. The summed E-state index contributed by atoms with van der Waals surface area (Å²) in [5.74, 6) is -0.287. The van der Waals surface area contributed by atoms with Crippen molar-refractivity contribution < 1.29 is 28.5 Å². The van der Waals surface area contributed by atoms with E-state index in [2.05, 4.69) is 11.6 Å². The first kappa shape index (κ1) is 22.2. The van der Waals surface area contributed by atoms with Gasteiger partial charge in [0.15, 0.2) is 11.5 Å². The van der Waals surface area contributed by atoms with Gasteiger partial charge in [-0.3, -0.25) is 4.98 Å². The van der Waals surface area contributed by atoms with Crippen molar-refractivity contribution in [1.82, 2.24) is 4.98 Å². The SMILES string of the molecule is C=C(OC(=O)OC(C)(C)C)C(=Cc1cnccc1C)OC(=O)OC(C)(C)C. The molecule has 1 rings (SSSR count). The number of nitrogens with zero attached hydrogens (tertiary/aromatic N) is 1. The molecule has 0 atom stereocenters. The minimum Gasteiger partial charge on any atom is -0.428 e. The Bertz CT molecular complexity index is 738. The number of pyridine rings is 1. The van der Waals surface area contributed by atoms with Gasteiger partial charge in [0.05, 0.1) is 0 Å². The Hall–Kier alpha value is -2.83. The lowest BCUT2D eigenvalue weighted by Gasteiger charge is -2.21. The Kier molecular flexibility index (Phi) is 7.16. The summed E-state index contributed by atoms with van der Waals surface area (Å²) in [5.41, 5.74) is 0.0396. The fraction of sp³-hybridized carbons (Fsp3) is 0.450. The second-order valence-corrected chi connectivity index (χ2v) is 7.80. The summed E-state index contributed by atoms with van der Waals surface area (Å²) < 4.78 is 20.5. The van der Waals surface area contributed by atoms with Gasteiger partial charge < -0.3 is 18.9 Å². The maximum absolute atomic E-state index is 12.0. The van der Waals surface area contributed by atoms with E-state index in [4.69, 9.17) is 18.9 Å². The van der Waals surface area contributed by atoms with Gasteiger partial charge in [-0.1, -0.05) is 6.58 Å². The fourth-order valence-electron chi connectivity index (χ4n) is 1.72. The van der Waals surface area contributed by atoms with Crippen molar-refractivity contribution in [2.45, 2.75) is 59.7 Å². The Morgan fingerprint density at radius 1 is 1.00 bits per heavy atom. The van der Waals surface area contributed by atoms with Crippen LogP contribution in [0.25, 0.3) is 6.08 Å². The van der Waals surface area contributed by atoms with Crippen LogP contribution in [0.15, 0.2) is 36.6 Å². The Labute approximate surface area is 160 Å². The summed E-state index contributed by atoms with van der Waals surface area (Å²) in [6.45, 7) is 15.7. The van der Waals surface area contributed by atoms with Crippen molar-refractivity contribution in [2.24, 2.45) is 0 Å². The summed E-state index contributed by atoms with van der Waals surface area (Å²) in [6.07, 6.45) is 2.78. The molecule has 0 bridgehead atoms. The molecule has 0 amide bonds. The quantitative estimate of drug-likeness (QED) is 0.407. The Morgan fingerprint density at radius 2 is 1.52 bits per heavy atom. The lowest BCUT2D eigenvalue weighted by atomic mass is 10.1. The van der Waals surface area contributed by atoms with Gasteiger partial charge in [0.2, 0.25) is 0 Å². The predicted octanol–water partition coefficient (Wildman–Crippen LogP) is 5.15. The zero-order chi connectivity index (χ0) is 20.8. The van der Waals surface area contributed by atoms with Gasteiger partial charge in [0, 0.05) is 12.4 Å². The summed E-state index contributed by atoms with van der Waals surface area (Å²) in [6, 6.07) is 1.79. The molecule has 0 saturated heterocycles. The molecular weight excluding hydrogens is 350 g/mol. The highest BCUT2D eigenvalue weighted by Gasteiger charge is 2.24. The summed E-state index contributed by atoms with van der Waals surface area (Å²) in [7, 11) is 0. The monoisotopic (exact) mass is 377 g/mol. The van der Waals surface area contributed by atoms with E-state index in [1.54, 1.807) is 60.0 Å². The number of carbonyl (C=O) groups excluding carboxylic acids is 2. The molecule has 0 unspecified atom stereocenters. The molecule has 0 aliphatic rings. The minimum absolute atomic E-state index is 0.0915. The van der Waals surface area contributed by atoms with Gasteiger partial charge in [-0.25, -0.2) is 9.59 Å². The third kappa shape index (κ3) is 8.89. The number of hydrogen-bond donors (Lipinski definition) is 0. The smallest absolute Gasteiger partial charge is 0.428 e. The van der Waals surface area contributed by atoms with Crippen LogP contribution in [0, 0.1) is 6.92 Å². The molecule has 1 aromatic heterocycles. The molecule has 1 heterocycles. The zero-order valence-corrected chi connectivity index (χ0v) is 16.9. The molecule has 0 fully saturated rings. The molecule has 0 spiro atoms. The molecule has 148 valence electrons. The van der Waals surface area contributed by atoms with E-state index in [0.717, 1.165) is 5.56 Å². The highest BCUT2D eigenvalue weighted by molar-refractivity contribution is 5.69. The van der Waals surface area contributed by atoms with Crippen LogP contribution in [-0.4, -0.2) is 28.5 Å². The van der Waals surface area contributed by atoms with E-state index in [9.17, 15) is 9.59 Å². The van der Waals surface area contributed by atoms with Gasteiger partial charge in [-0.2, -0.15) is 0 Å². The van der Waals surface area contributed by atoms with Crippen molar-refractivity contribution >= 4 is 18.4 Å². The molecule has 0 aliphatic carbocycles. The highest BCUT2D eigenvalue weighted by atomic mass is 16.8. The van der Waals surface area contributed by atoms with Crippen molar-refractivity contribution in [3.63, 3.8) is 0 Å². The summed E-state index contributed by atoms with van der Waals surface area (Å²) in [5, 5.41) is 0. The van der Waals surface area contributed by atoms with Gasteiger partial charge >= 0.3 is 12.3 Å². The van der Waals surface area contributed by atoms with Crippen molar-refractivity contribution in [1.29, 1.82) is 0 Å². The molecule has 0 saturated carbocycles. The molecule has 1 aromatic rings. The molecular formula is C20H27NO6. The molecule has 7 nitrogen and oxygen atoms in total. The largest absolute Gasteiger partial charge is 0.514 e. The molecule has 0 radical (unpaired) electrons. The maximum Gasteiger partial charge on any atom is 0.514 e. The first-order valence-corrected chi connectivity index (χ1v) is 8.40. The third-order valence-corrected chi connectivity index (χ3v) is 2.82. The standard InChI is InChI=1S/C20H27NO6/c1-13-9-10-21-12-15(13)11-16(25-18(23)27-20(6,7)8)14(2)24-17(22)26-19(3,4)5/h9-12H,2H2,1,3-8H3. The first-order chi connectivity index (χ1) is 12.3. The predicted molar refractivity (Wildman–Crippen MR) is 101 cm³/mol. The number of carbonyl (C=O) groups is 2. The Balaban J connectivity index is 3.07. The van der Waals surface area contributed by atoms with Crippen LogP contribution in [0.2, 0.25) is 0 Å². The van der Waals surface area contributed by atoms with E-state index in [-0.39, 0.29) is 11.5 Å². The van der Waals surface area contributed by atoms with E-state index in [1.165, 1.54) is 6.08 Å². The van der Waals surface area contributed by atoms with Crippen molar-refractivity contribution in [3.05, 3.63) is 47.7 Å². The fourth-order valence-corrected chi connectivity index (χ4v) is 1.72. The molecule has 27 heavy (non-hydrogen) atoms. The van der Waals surface area contributed by atoms with Crippen LogP contribution in [0.5, 0.6) is 0 Å². The van der Waals surface area contributed by atoms with Crippen LogP contribution < -0.4 is 0 Å². The van der Waals surface area contributed by atoms with Crippen LogP contribution >= 0.6 is 0 Å². The first-order valence-electron chi connectivity index (χ1n) is 8.40. The van der Waals surface area contributed by atoms with Gasteiger partial charge in [-0.15, -0.1) is 0 Å². The topological polar surface area (TPSA) is 84.0 Å². The second-order valence-electron chi connectivity index (χ2n) is 7.80. The maximum atomic E-state index is 12.0. The van der Waals surface area contributed by atoms with Crippen LogP contribution in [-0.2, 0) is 18.9 Å². The second kappa shape index (κ2) is 8.70. The lowest BCUT2D eigenvalue weighted by molar-refractivity contribution is -0.00552. The van der Waals surface area contributed by atoms with Crippen LogP contribution in [0.4, 0.5) is 9.59 Å². The van der Waals surface area contributed by atoms with E-state index >= 15 is 0 Å². The summed E-state index contributed by atoms with van der Waals surface area (Å²) >= 11 is 0. The number of aryl methyl sites for hydroxylation is 1. The van der Waals surface area contributed by atoms with E-state index < -0.39 is 23.5 Å². The third-order valence-electron chi connectivity index (χ3n) is 2.82. The van der Waals surface area contributed by atoms with Gasteiger partial charge in [-0.05, 0) is 71.7 Å². The molecule has 0 N–H and O–H groups in total. The van der Waals surface area contributed by atoms with Gasteiger partial charge in [0.1, 0.15) is 11.2 Å². The van der Waals surface area contributed by atoms with Crippen LogP contribution in [0.1, 0.15) is 52.7 Å². The lowest BCUT2D eigenvalue weighted by Crippen LogP contribution is -2.26. The molecule has 7 heteroatoms. The zero-order valence-electron chi connectivity index (χ0n) is 16.9.